The summed E-state index contributed by atoms with van der Waals surface area (Å²) in [6, 6.07) is 4.98. The van der Waals surface area contributed by atoms with Crippen LogP contribution in [-0.4, -0.2) is 32.3 Å². The molecule has 0 radical (unpaired) electrons. The van der Waals surface area contributed by atoms with Crippen molar-refractivity contribution in [3.8, 4) is 5.75 Å². The average molecular weight is 278 g/mol. The smallest absolute Gasteiger partial charge is 0.251 e. The van der Waals surface area contributed by atoms with E-state index >= 15 is 0 Å². The lowest BCUT2D eigenvalue weighted by Crippen LogP contribution is -2.25. The quantitative estimate of drug-likeness (QED) is 0.411. The lowest BCUT2D eigenvalue weighted by atomic mass is 10.1. The molecule has 0 aliphatic heterocycles. The molecule has 5 heteroatoms. The van der Waals surface area contributed by atoms with Crippen molar-refractivity contribution in [1.82, 2.24) is 5.32 Å². The van der Waals surface area contributed by atoms with Gasteiger partial charge in [0.05, 0.1) is 5.69 Å². The fraction of sp³-hybridized carbons (Fsp3) is 0.400. The van der Waals surface area contributed by atoms with Crippen molar-refractivity contribution in [3.63, 3.8) is 0 Å². The van der Waals surface area contributed by atoms with Gasteiger partial charge in [-0.3, -0.25) is 4.79 Å². The molecule has 0 heterocycles. The Morgan fingerprint density at radius 1 is 1.50 bits per heavy atom. The van der Waals surface area contributed by atoms with Gasteiger partial charge in [-0.1, -0.05) is 12.7 Å². The van der Waals surface area contributed by atoms with Gasteiger partial charge >= 0.3 is 0 Å². The van der Waals surface area contributed by atoms with E-state index in [9.17, 15) is 4.79 Å². The first-order valence-electron chi connectivity index (χ1n) is 6.68. The Morgan fingerprint density at radius 2 is 2.30 bits per heavy atom. The Labute approximate surface area is 119 Å². The van der Waals surface area contributed by atoms with E-state index in [1.165, 1.54) is 0 Å². The Balaban J connectivity index is 2.48. The topological polar surface area (TPSA) is 73.6 Å². The third kappa shape index (κ3) is 5.32. The number of nitrogens with two attached hydrogens (primary N) is 1. The van der Waals surface area contributed by atoms with Gasteiger partial charge in [-0.05, 0) is 31.5 Å². The van der Waals surface area contributed by atoms with Crippen LogP contribution in [0.5, 0.6) is 5.75 Å². The number of amides is 1. The van der Waals surface area contributed by atoms with E-state index in [0.29, 0.717) is 43.4 Å². The predicted octanol–water partition coefficient (Wildman–Crippen LogP) is 1.99. The number of rotatable bonds is 9. The van der Waals surface area contributed by atoms with E-state index in [0.717, 1.165) is 6.42 Å². The number of carbonyl (C=O) groups excluding carboxylic acids is 1. The summed E-state index contributed by atoms with van der Waals surface area (Å²) in [7, 11) is 0. The summed E-state index contributed by atoms with van der Waals surface area (Å²) >= 11 is 0. The molecule has 0 spiro atoms. The van der Waals surface area contributed by atoms with E-state index in [-0.39, 0.29) is 5.91 Å². The van der Waals surface area contributed by atoms with E-state index in [2.05, 4.69) is 11.9 Å². The maximum atomic E-state index is 11.9. The van der Waals surface area contributed by atoms with Crippen molar-refractivity contribution in [1.29, 1.82) is 0 Å². The van der Waals surface area contributed by atoms with E-state index < -0.39 is 0 Å². The first-order valence-corrected chi connectivity index (χ1v) is 6.68. The molecule has 1 rings (SSSR count). The van der Waals surface area contributed by atoms with E-state index in [1.807, 2.05) is 6.92 Å². The van der Waals surface area contributed by atoms with Gasteiger partial charge in [0.25, 0.3) is 5.91 Å². The van der Waals surface area contributed by atoms with Gasteiger partial charge in [0.15, 0.2) is 0 Å². The van der Waals surface area contributed by atoms with Gasteiger partial charge in [-0.15, -0.1) is 0 Å². The van der Waals surface area contributed by atoms with Crippen LogP contribution >= 0.6 is 0 Å². The zero-order valence-corrected chi connectivity index (χ0v) is 11.9. The molecule has 0 saturated carbocycles. The third-order valence-corrected chi connectivity index (χ3v) is 2.58. The summed E-state index contributed by atoms with van der Waals surface area (Å²) in [5.74, 6) is 0.404. The predicted molar refractivity (Wildman–Crippen MR) is 80.0 cm³/mol. The van der Waals surface area contributed by atoms with Gasteiger partial charge < -0.3 is 20.5 Å². The van der Waals surface area contributed by atoms with Gasteiger partial charge in [0.2, 0.25) is 0 Å². The molecule has 1 aromatic carbocycles. The monoisotopic (exact) mass is 278 g/mol. The average Bonchev–Trinajstić information content (AvgIpc) is 2.45. The standard InChI is InChI=1S/C15H22N2O3/c1-3-9-20-14-7-6-12(11-13(14)16)15(18)17-8-5-10-19-4-2/h3,6-7,11H,1,4-5,8-10,16H2,2H3,(H,17,18). The highest BCUT2D eigenvalue weighted by Gasteiger charge is 2.08. The second-order valence-electron chi connectivity index (χ2n) is 4.16. The number of nitrogens with one attached hydrogen (secondary N) is 1. The molecule has 0 fully saturated rings. The van der Waals surface area contributed by atoms with Gasteiger partial charge in [-0.25, -0.2) is 0 Å². The van der Waals surface area contributed by atoms with Crippen molar-refractivity contribution < 1.29 is 14.3 Å². The minimum absolute atomic E-state index is 0.150. The highest BCUT2D eigenvalue weighted by Crippen LogP contribution is 2.22. The van der Waals surface area contributed by atoms with Crippen molar-refractivity contribution in [2.24, 2.45) is 0 Å². The minimum Gasteiger partial charge on any atom is -0.487 e. The van der Waals surface area contributed by atoms with Crippen LogP contribution in [0, 0.1) is 0 Å². The number of benzene rings is 1. The third-order valence-electron chi connectivity index (χ3n) is 2.58. The van der Waals surface area contributed by atoms with Gasteiger partial charge in [0.1, 0.15) is 12.4 Å². The molecule has 1 aromatic rings. The second-order valence-corrected chi connectivity index (χ2v) is 4.16. The maximum Gasteiger partial charge on any atom is 0.251 e. The molecule has 3 N–H and O–H groups in total. The Hall–Kier alpha value is -2.01. The molecule has 0 saturated heterocycles. The molecule has 110 valence electrons. The molecule has 0 aromatic heterocycles. The summed E-state index contributed by atoms with van der Waals surface area (Å²) in [5.41, 5.74) is 6.79. The van der Waals surface area contributed by atoms with Crippen LogP contribution in [-0.2, 0) is 4.74 Å². The minimum atomic E-state index is -0.150. The molecule has 0 unspecified atom stereocenters. The number of ether oxygens (including phenoxy) is 2. The number of hydrogen-bond donors (Lipinski definition) is 2. The summed E-state index contributed by atoms with van der Waals surface area (Å²) in [6.45, 7) is 7.80. The molecule has 0 aliphatic rings. The molecular formula is C15H22N2O3. The van der Waals surface area contributed by atoms with Gasteiger partial charge in [-0.2, -0.15) is 0 Å². The van der Waals surface area contributed by atoms with Crippen molar-refractivity contribution in [2.45, 2.75) is 13.3 Å². The zero-order valence-electron chi connectivity index (χ0n) is 11.9. The highest BCUT2D eigenvalue weighted by molar-refractivity contribution is 5.95. The van der Waals surface area contributed by atoms with Crippen LogP contribution in [0.4, 0.5) is 5.69 Å². The van der Waals surface area contributed by atoms with Crippen LogP contribution in [0.2, 0.25) is 0 Å². The summed E-state index contributed by atoms with van der Waals surface area (Å²) in [5, 5.41) is 2.82. The Kier molecular flexibility index (Phi) is 7.21. The van der Waals surface area contributed by atoms with Crippen molar-refractivity contribution in [3.05, 3.63) is 36.4 Å². The first-order chi connectivity index (χ1) is 9.69. The molecule has 0 aliphatic carbocycles. The Bertz CT molecular complexity index is 447. The first kappa shape index (κ1) is 16.0. The van der Waals surface area contributed by atoms with Gasteiger partial charge in [0, 0.05) is 25.3 Å². The Morgan fingerprint density at radius 3 is 2.95 bits per heavy atom. The number of carbonyl (C=O) groups is 1. The van der Waals surface area contributed by atoms with Crippen LogP contribution in [0.25, 0.3) is 0 Å². The summed E-state index contributed by atoms with van der Waals surface area (Å²) in [4.78, 5) is 11.9. The fourth-order valence-corrected chi connectivity index (χ4v) is 1.59. The molecule has 5 nitrogen and oxygen atoms in total. The number of anilines is 1. The molecule has 0 atom stereocenters. The maximum absolute atomic E-state index is 11.9. The zero-order chi connectivity index (χ0) is 14.8. The lowest BCUT2D eigenvalue weighted by molar-refractivity contribution is 0.0944. The molecule has 20 heavy (non-hydrogen) atoms. The molecular weight excluding hydrogens is 256 g/mol. The number of hydrogen-bond acceptors (Lipinski definition) is 4. The number of nitrogen functional groups attached to an aromatic ring is 1. The summed E-state index contributed by atoms with van der Waals surface area (Å²) in [6.07, 6.45) is 2.42. The van der Waals surface area contributed by atoms with E-state index in [4.69, 9.17) is 15.2 Å². The second kappa shape index (κ2) is 8.98. The van der Waals surface area contributed by atoms with Crippen molar-refractivity contribution in [2.75, 3.05) is 32.1 Å². The van der Waals surface area contributed by atoms with Crippen molar-refractivity contribution >= 4 is 11.6 Å². The van der Waals surface area contributed by atoms with Crippen LogP contribution in [0.3, 0.4) is 0 Å². The van der Waals surface area contributed by atoms with Crippen LogP contribution in [0.1, 0.15) is 23.7 Å². The van der Waals surface area contributed by atoms with E-state index in [1.54, 1.807) is 24.3 Å². The van der Waals surface area contributed by atoms with Crippen LogP contribution in [0.15, 0.2) is 30.9 Å². The summed E-state index contributed by atoms with van der Waals surface area (Å²) < 4.78 is 10.6. The molecule has 0 bridgehead atoms. The SMILES string of the molecule is C=CCOc1ccc(C(=O)NCCCOCC)cc1N. The normalized spacial score (nSPS) is 10.1. The largest absolute Gasteiger partial charge is 0.487 e. The van der Waals surface area contributed by atoms with Crippen LogP contribution < -0.4 is 15.8 Å². The fourth-order valence-electron chi connectivity index (χ4n) is 1.59. The lowest BCUT2D eigenvalue weighted by Gasteiger charge is -2.09. The highest BCUT2D eigenvalue weighted by atomic mass is 16.5. The molecule has 1 amide bonds.